The van der Waals surface area contributed by atoms with Crippen LogP contribution in [0.25, 0.3) is 0 Å². The van der Waals surface area contributed by atoms with Crippen LogP contribution in [0.3, 0.4) is 0 Å². The molecule has 1 fully saturated rings. The number of benzene rings is 2. The number of ether oxygens (including phenoxy) is 2. The molecule has 152 valence electrons. The van der Waals surface area contributed by atoms with Crippen molar-refractivity contribution in [3.63, 3.8) is 0 Å². The van der Waals surface area contributed by atoms with E-state index < -0.39 is 29.8 Å². The molecular formula is C21H17N3O6. The fraction of sp³-hybridized carbons (Fsp3) is 0.238. The van der Waals surface area contributed by atoms with E-state index in [1.165, 1.54) is 0 Å². The minimum Gasteiger partial charge on any atom is -0.454 e. The summed E-state index contributed by atoms with van der Waals surface area (Å²) in [6.45, 7) is 1.28. The summed E-state index contributed by atoms with van der Waals surface area (Å²) in [5, 5.41) is 5.38. The molecular weight excluding hydrogens is 390 g/mol. The second-order valence-electron chi connectivity index (χ2n) is 7.53. The molecule has 0 aliphatic carbocycles. The Balaban J connectivity index is 1.38. The predicted octanol–water partition coefficient (Wildman–Crippen LogP) is 1.56. The number of ketones is 1. The van der Waals surface area contributed by atoms with Gasteiger partial charge in [-0.2, -0.15) is 0 Å². The highest BCUT2D eigenvalue weighted by molar-refractivity contribution is 6.11. The zero-order chi connectivity index (χ0) is 21.0. The summed E-state index contributed by atoms with van der Waals surface area (Å²) < 4.78 is 10.6. The van der Waals surface area contributed by atoms with Gasteiger partial charge < -0.3 is 20.1 Å². The van der Waals surface area contributed by atoms with E-state index in [0.717, 1.165) is 4.90 Å². The molecule has 2 N–H and O–H groups in total. The largest absolute Gasteiger partial charge is 0.454 e. The molecule has 9 nitrogen and oxygen atoms in total. The Morgan fingerprint density at radius 1 is 1.10 bits per heavy atom. The maximum atomic E-state index is 13.1. The molecule has 3 heterocycles. The number of hydrogen-bond donors (Lipinski definition) is 2. The fourth-order valence-electron chi connectivity index (χ4n) is 3.88. The van der Waals surface area contributed by atoms with Crippen molar-refractivity contribution in [2.45, 2.75) is 18.9 Å². The van der Waals surface area contributed by atoms with E-state index in [0.29, 0.717) is 33.9 Å². The van der Waals surface area contributed by atoms with Gasteiger partial charge in [0.25, 0.3) is 5.91 Å². The second kappa shape index (κ2) is 6.31. The van der Waals surface area contributed by atoms with Crippen LogP contribution in [0.5, 0.6) is 11.5 Å². The minimum absolute atomic E-state index is 0.0956. The Labute approximate surface area is 170 Å². The number of imide groups is 1. The zero-order valence-electron chi connectivity index (χ0n) is 16.0. The van der Waals surface area contributed by atoms with Crippen molar-refractivity contribution in [1.82, 2.24) is 10.2 Å². The fourth-order valence-corrected chi connectivity index (χ4v) is 3.88. The van der Waals surface area contributed by atoms with E-state index in [-0.39, 0.29) is 19.1 Å². The molecule has 5 rings (SSSR count). The highest BCUT2D eigenvalue weighted by atomic mass is 16.7. The summed E-state index contributed by atoms with van der Waals surface area (Å²) in [6, 6.07) is 9.20. The first-order valence-electron chi connectivity index (χ1n) is 9.35. The minimum atomic E-state index is -1.33. The number of nitrogens with zero attached hydrogens (tertiary/aromatic N) is 1. The third kappa shape index (κ3) is 2.70. The van der Waals surface area contributed by atoms with Crippen molar-refractivity contribution >= 4 is 29.3 Å². The maximum Gasteiger partial charge on any atom is 0.325 e. The van der Waals surface area contributed by atoms with Crippen LogP contribution in [-0.4, -0.2) is 41.9 Å². The van der Waals surface area contributed by atoms with Gasteiger partial charge in [-0.15, -0.1) is 0 Å². The quantitative estimate of drug-likeness (QED) is 0.587. The lowest BCUT2D eigenvalue weighted by Gasteiger charge is -2.22. The van der Waals surface area contributed by atoms with Crippen molar-refractivity contribution in [2.24, 2.45) is 0 Å². The number of hydrogen-bond acceptors (Lipinski definition) is 6. The molecule has 0 bridgehead atoms. The molecule has 0 aromatic heterocycles. The van der Waals surface area contributed by atoms with Gasteiger partial charge in [0.05, 0.1) is 13.0 Å². The van der Waals surface area contributed by atoms with Gasteiger partial charge in [0.1, 0.15) is 5.54 Å². The monoisotopic (exact) mass is 407 g/mol. The SMILES string of the molecule is C[C@@]1(c2ccc3c(c2)OCO3)NC(=O)N(CC(=O)c2ccc3c(c2)CC(=O)N3)C1=O. The molecule has 3 aliphatic rings. The van der Waals surface area contributed by atoms with Gasteiger partial charge in [0.2, 0.25) is 12.7 Å². The van der Waals surface area contributed by atoms with E-state index in [2.05, 4.69) is 10.6 Å². The Morgan fingerprint density at radius 2 is 1.90 bits per heavy atom. The third-order valence-electron chi connectivity index (χ3n) is 5.58. The average molecular weight is 407 g/mol. The third-order valence-corrected chi connectivity index (χ3v) is 5.58. The van der Waals surface area contributed by atoms with Gasteiger partial charge in [-0.25, -0.2) is 4.79 Å². The first kappa shape index (κ1) is 18.2. The molecule has 3 aliphatic heterocycles. The van der Waals surface area contributed by atoms with Gasteiger partial charge in [-0.3, -0.25) is 19.3 Å². The van der Waals surface area contributed by atoms with Gasteiger partial charge >= 0.3 is 6.03 Å². The second-order valence-corrected chi connectivity index (χ2v) is 7.53. The van der Waals surface area contributed by atoms with E-state index in [1.54, 1.807) is 43.3 Å². The van der Waals surface area contributed by atoms with Crippen LogP contribution in [0.15, 0.2) is 36.4 Å². The van der Waals surface area contributed by atoms with Crippen LogP contribution in [-0.2, 0) is 21.5 Å². The number of fused-ring (bicyclic) bond motifs is 2. The number of Topliss-reactive ketones (excluding diaryl/α,β-unsaturated/α-hetero) is 1. The molecule has 2 aromatic rings. The summed E-state index contributed by atoms with van der Waals surface area (Å²) in [4.78, 5) is 50.8. The molecule has 1 atom stereocenters. The standard InChI is InChI=1S/C21H17N3O6/c1-21(13-3-5-16-17(8-13)30-10-29-16)19(27)24(20(28)23-21)9-15(25)11-2-4-14-12(6-11)7-18(26)22-14/h2-6,8H,7,9-10H2,1H3,(H,22,26)(H,23,28)/t21-/m0/s1. The zero-order valence-corrected chi connectivity index (χ0v) is 16.0. The Hall–Kier alpha value is -3.88. The lowest BCUT2D eigenvalue weighted by atomic mass is 9.91. The molecule has 2 aromatic carbocycles. The molecule has 0 spiro atoms. The van der Waals surface area contributed by atoms with Gasteiger partial charge in [-0.05, 0) is 48.4 Å². The number of amides is 4. The maximum absolute atomic E-state index is 13.1. The summed E-state index contributed by atoms with van der Waals surface area (Å²) in [5.41, 5.74) is 0.923. The van der Waals surface area contributed by atoms with Gasteiger partial charge in [-0.1, -0.05) is 6.07 Å². The number of carbonyl (C=O) groups is 4. The van der Waals surface area contributed by atoms with Crippen molar-refractivity contribution < 1.29 is 28.7 Å². The Bertz CT molecular complexity index is 1140. The topological polar surface area (TPSA) is 114 Å². The van der Waals surface area contributed by atoms with Crippen molar-refractivity contribution in [3.05, 3.63) is 53.1 Å². The number of anilines is 1. The molecule has 0 saturated carbocycles. The molecule has 1 saturated heterocycles. The van der Waals surface area contributed by atoms with Crippen LogP contribution in [0, 0.1) is 0 Å². The summed E-state index contributed by atoms with van der Waals surface area (Å²) in [6.07, 6.45) is 0.196. The first-order chi connectivity index (χ1) is 14.3. The lowest BCUT2D eigenvalue weighted by molar-refractivity contribution is -0.130. The van der Waals surface area contributed by atoms with E-state index in [4.69, 9.17) is 9.47 Å². The lowest BCUT2D eigenvalue weighted by Crippen LogP contribution is -2.41. The smallest absolute Gasteiger partial charge is 0.325 e. The van der Waals surface area contributed by atoms with Crippen LogP contribution in [0.1, 0.15) is 28.4 Å². The highest BCUT2D eigenvalue weighted by Gasteiger charge is 2.50. The van der Waals surface area contributed by atoms with Crippen molar-refractivity contribution in [2.75, 3.05) is 18.7 Å². The first-order valence-corrected chi connectivity index (χ1v) is 9.35. The number of urea groups is 1. The molecule has 0 unspecified atom stereocenters. The normalized spacial score (nSPS) is 21.5. The Kier molecular flexibility index (Phi) is 3.82. The highest BCUT2D eigenvalue weighted by Crippen LogP contribution is 2.38. The predicted molar refractivity (Wildman–Crippen MR) is 103 cm³/mol. The summed E-state index contributed by atoms with van der Waals surface area (Å²) >= 11 is 0. The van der Waals surface area contributed by atoms with E-state index in [9.17, 15) is 19.2 Å². The summed E-state index contributed by atoms with van der Waals surface area (Å²) in [5.74, 6) is -0.00108. The molecule has 9 heteroatoms. The van der Waals surface area contributed by atoms with Crippen LogP contribution in [0.4, 0.5) is 10.5 Å². The van der Waals surface area contributed by atoms with Crippen molar-refractivity contribution in [3.8, 4) is 11.5 Å². The average Bonchev–Trinajstić information content (AvgIpc) is 3.39. The van der Waals surface area contributed by atoms with Gasteiger partial charge in [0.15, 0.2) is 17.3 Å². The number of carbonyl (C=O) groups excluding carboxylic acids is 4. The Morgan fingerprint density at radius 3 is 2.73 bits per heavy atom. The van der Waals surface area contributed by atoms with E-state index >= 15 is 0 Å². The van der Waals surface area contributed by atoms with E-state index in [1.807, 2.05) is 0 Å². The van der Waals surface area contributed by atoms with Crippen molar-refractivity contribution in [1.29, 1.82) is 0 Å². The number of nitrogens with one attached hydrogen (secondary N) is 2. The molecule has 0 radical (unpaired) electrons. The molecule has 30 heavy (non-hydrogen) atoms. The van der Waals surface area contributed by atoms with Gasteiger partial charge in [0, 0.05) is 11.3 Å². The van der Waals surface area contributed by atoms with Crippen LogP contribution < -0.4 is 20.1 Å². The van der Waals surface area contributed by atoms with Crippen LogP contribution >= 0.6 is 0 Å². The number of rotatable bonds is 4. The van der Waals surface area contributed by atoms with Crippen LogP contribution in [0.2, 0.25) is 0 Å². The molecule has 4 amide bonds. The summed E-state index contributed by atoms with van der Waals surface area (Å²) in [7, 11) is 0.